The molecule has 2 rings (SSSR count). The Morgan fingerprint density at radius 3 is 2.23 bits per heavy atom. The second-order valence-corrected chi connectivity index (χ2v) is 4.67. The number of carbonyl (C=O) groups excluding carboxylic acids is 1. The Bertz CT molecular complexity index is 651. The maximum Gasteiger partial charge on any atom is 0.418 e. The second-order valence-electron chi connectivity index (χ2n) is 4.67. The molecule has 116 valence electrons. The highest BCUT2D eigenvalue weighted by Crippen LogP contribution is 2.34. The zero-order valence-electron chi connectivity index (χ0n) is 11.9. The Hall–Kier alpha value is -2.50. The monoisotopic (exact) mass is 308 g/mol. The van der Waals surface area contributed by atoms with Crippen molar-refractivity contribution in [3.63, 3.8) is 0 Å². The number of aryl methyl sites for hydroxylation is 1. The molecule has 0 atom stereocenters. The van der Waals surface area contributed by atoms with Crippen molar-refractivity contribution in [2.24, 2.45) is 0 Å². The zero-order valence-corrected chi connectivity index (χ0v) is 11.9. The quantitative estimate of drug-likeness (QED) is 0.831. The minimum Gasteiger partial charge on any atom is -0.308 e. The summed E-state index contributed by atoms with van der Waals surface area (Å²) < 4.78 is 38.5. The molecule has 0 aliphatic rings. The van der Waals surface area contributed by atoms with Crippen LogP contribution in [0.2, 0.25) is 0 Å². The van der Waals surface area contributed by atoms with Crippen LogP contribution in [0.25, 0.3) is 0 Å². The summed E-state index contributed by atoms with van der Waals surface area (Å²) in [4.78, 5) is 11.8. The van der Waals surface area contributed by atoms with Crippen molar-refractivity contribution in [3.8, 4) is 0 Å². The molecule has 0 bridgehead atoms. The number of halogens is 3. The topological polar surface area (TPSA) is 41.1 Å². The lowest BCUT2D eigenvalue weighted by molar-refractivity contribution is -0.136. The van der Waals surface area contributed by atoms with E-state index in [0.717, 1.165) is 18.1 Å². The van der Waals surface area contributed by atoms with E-state index in [1.54, 1.807) is 12.1 Å². The molecule has 0 aliphatic heterocycles. The van der Waals surface area contributed by atoms with E-state index in [9.17, 15) is 18.0 Å². The van der Waals surface area contributed by atoms with E-state index in [-0.39, 0.29) is 5.69 Å². The first-order valence-electron chi connectivity index (χ1n) is 6.73. The minimum atomic E-state index is -4.52. The molecule has 0 aliphatic carbocycles. The fourth-order valence-electron chi connectivity index (χ4n) is 1.95. The molecular weight excluding hydrogens is 293 g/mol. The maximum atomic E-state index is 12.8. The second kappa shape index (κ2) is 6.51. The number of para-hydroxylation sites is 1. The van der Waals surface area contributed by atoms with Crippen molar-refractivity contribution in [1.82, 2.24) is 0 Å². The summed E-state index contributed by atoms with van der Waals surface area (Å²) in [6.07, 6.45) is -3.65. The van der Waals surface area contributed by atoms with Crippen LogP contribution in [-0.2, 0) is 12.6 Å². The normalized spacial score (nSPS) is 11.1. The molecule has 0 radical (unpaired) electrons. The van der Waals surface area contributed by atoms with E-state index in [1.165, 1.54) is 18.2 Å². The predicted molar refractivity (Wildman–Crippen MR) is 79.9 cm³/mol. The molecule has 6 heteroatoms. The van der Waals surface area contributed by atoms with Gasteiger partial charge in [0.2, 0.25) is 0 Å². The molecular formula is C16H15F3N2O. The van der Waals surface area contributed by atoms with E-state index in [0.29, 0.717) is 5.69 Å². The maximum absolute atomic E-state index is 12.8. The van der Waals surface area contributed by atoms with Gasteiger partial charge < -0.3 is 10.6 Å². The smallest absolute Gasteiger partial charge is 0.308 e. The molecule has 2 aromatic carbocycles. The van der Waals surface area contributed by atoms with Gasteiger partial charge in [0.15, 0.2) is 0 Å². The van der Waals surface area contributed by atoms with Crippen molar-refractivity contribution in [2.75, 3.05) is 10.6 Å². The highest BCUT2D eigenvalue weighted by Gasteiger charge is 2.33. The van der Waals surface area contributed by atoms with Gasteiger partial charge in [-0.05, 0) is 36.2 Å². The molecule has 3 nitrogen and oxygen atoms in total. The number of amides is 2. The molecule has 2 amide bonds. The Balaban J connectivity index is 2.09. The van der Waals surface area contributed by atoms with Gasteiger partial charge in [0.05, 0.1) is 11.3 Å². The third kappa shape index (κ3) is 4.00. The van der Waals surface area contributed by atoms with Gasteiger partial charge in [-0.2, -0.15) is 13.2 Å². The van der Waals surface area contributed by atoms with Crippen LogP contribution in [0.4, 0.5) is 29.3 Å². The Labute approximate surface area is 126 Å². The summed E-state index contributed by atoms with van der Waals surface area (Å²) >= 11 is 0. The van der Waals surface area contributed by atoms with Crippen molar-refractivity contribution in [1.29, 1.82) is 0 Å². The first-order chi connectivity index (χ1) is 10.4. The number of nitrogens with one attached hydrogen (secondary N) is 2. The summed E-state index contributed by atoms with van der Waals surface area (Å²) in [5, 5.41) is 4.73. The van der Waals surface area contributed by atoms with Crippen molar-refractivity contribution >= 4 is 17.4 Å². The number of urea groups is 1. The summed E-state index contributed by atoms with van der Waals surface area (Å²) in [7, 11) is 0. The van der Waals surface area contributed by atoms with Gasteiger partial charge in [0.1, 0.15) is 0 Å². The predicted octanol–water partition coefficient (Wildman–Crippen LogP) is 4.91. The molecule has 0 spiro atoms. The lowest BCUT2D eigenvalue weighted by Gasteiger charge is -2.14. The lowest BCUT2D eigenvalue weighted by Crippen LogP contribution is -2.21. The first-order valence-corrected chi connectivity index (χ1v) is 6.73. The molecule has 0 heterocycles. The van der Waals surface area contributed by atoms with Gasteiger partial charge in [0.25, 0.3) is 0 Å². The number of alkyl halides is 3. The van der Waals surface area contributed by atoms with Crippen LogP contribution < -0.4 is 10.6 Å². The number of hydrogen-bond donors (Lipinski definition) is 2. The van der Waals surface area contributed by atoms with Gasteiger partial charge in [0, 0.05) is 5.69 Å². The van der Waals surface area contributed by atoms with E-state index in [4.69, 9.17) is 0 Å². The highest BCUT2D eigenvalue weighted by atomic mass is 19.4. The lowest BCUT2D eigenvalue weighted by atomic mass is 10.1. The van der Waals surface area contributed by atoms with Gasteiger partial charge >= 0.3 is 12.2 Å². The summed E-state index contributed by atoms with van der Waals surface area (Å²) in [5.41, 5.74) is 0.455. The third-order valence-corrected chi connectivity index (χ3v) is 3.10. The fourth-order valence-corrected chi connectivity index (χ4v) is 1.95. The standard InChI is InChI=1S/C16H15F3N2O/c1-2-11-7-9-12(10-8-11)20-15(22)21-14-6-4-3-5-13(14)16(17,18)19/h3-10H,2H2,1H3,(H2,20,21,22). The third-order valence-electron chi connectivity index (χ3n) is 3.10. The van der Waals surface area contributed by atoms with E-state index < -0.39 is 17.8 Å². The number of rotatable bonds is 3. The van der Waals surface area contributed by atoms with E-state index in [1.807, 2.05) is 19.1 Å². The molecule has 2 N–H and O–H groups in total. The SMILES string of the molecule is CCc1ccc(NC(=O)Nc2ccccc2C(F)(F)F)cc1. The molecule has 0 fully saturated rings. The van der Waals surface area contributed by atoms with Gasteiger partial charge in [-0.1, -0.05) is 31.2 Å². The summed E-state index contributed by atoms with van der Waals surface area (Å²) in [6, 6.07) is 11.2. The van der Waals surface area contributed by atoms with Crippen LogP contribution in [-0.4, -0.2) is 6.03 Å². The molecule has 0 unspecified atom stereocenters. The molecule has 0 saturated carbocycles. The first kappa shape index (κ1) is 15.9. The molecule has 0 saturated heterocycles. The van der Waals surface area contributed by atoms with Crippen LogP contribution in [0.1, 0.15) is 18.1 Å². The minimum absolute atomic E-state index is 0.280. The van der Waals surface area contributed by atoms with Crippen molar-refractivity contribution in [3.05, 3.63) is 59.7 Å². The van der Waals surface area contributed by atoms with Crippen LogP contribution in [0.15, 0.2) is 48.5 Å². The van der Waals surface area contributed by atoms with Crippen LogP contribution in [0.5, 0.6) is 0 Å². The zero-order chi connectivity index (χ0) is 16.2. The summed E-state index contributed by atoms with van der Waals surface area (Å²) in [6.45, 7) is 2.00. The number of hydrogen-bond acceptors (Lipinski definition) is 1. The van der Waals surface area contributed by atoms with Gasteiger partial charge in [-0.15, -0.1) is 0 Å². The number of carbonyl (C=O) groups is 1. The Kier molecular flexibility index (Phi) is 4.70. The molecule has 2 aromatic rings. The van der Waals surface area contributed by atoms with Gasteiger partial charge in [-0.25, -0.2) is 4.79 Å². The average Bonchev–Trinajstić information content (AvgIpc) is 2.47. The number of benzene rings is 2. The highest BCUT2D eigenvalue weighted by molar-refractivity contribution is 6.00. The van der Waals surface area contributed by atoms with E-state index >= 15 is 0 Å². The van der Waals surface area contributed by atoms with Gasteiger partial charge in [-0.3, -0.25) is 0 Å². The fraction of sp³-hybridized carbons (Fsp3) is 0.188. The molecule has 22 heavy (non-hydrogen) atoms. The average molecular weight is 308 g/mol. The largest absolute Gasteiger partial charge is 0.418 e. The van der Waals surface area contributed by atoms with Crippen LogP contribution in [0, 0.1) is 0 Å². The van der Waals surface area contributed by atoms with Crippen LogP contribution >= 0.6 is 0 Å². The summed E-state index contributed by atoms with van der Waals surface area (Å²) in [5.74, 6) is 0. The Morgan fingerprint density at radius 1 is 1.00 bits per heavy atom. The van der Waals surface area contributed by atoms with E-state index in [2.05, 4.69) is 10.6 Å². The Morgan fingerprint density at radius 2 is 1.64 bits per heavy atom. The van der Waals surface area contributed by atoms with Crippen molar-refractivity contribution in [2.45, 2.75) is 19.5 Å². The number of anilines is 2. The van der Waals surface area contributed by atoms with Crippen molar-refractivity contribution < 1.29 is 18.0 Å². The molecule has 0 aromatic heterocycles. The van der Waals surface area contributed by atoms with Crippen LogP contribution in [0.3, 0.4) is 0 Å².